The van der Waals surface area contributed by atoms with Crippen LogP contribution in [0, 0.1) is 13.8 Å². The molecule has 4 rings (SSSR count). The molecule has 4 nitrogen and oxygen atoms in total. The summed E-state index contributed by atoms with van der Waals surface area (Å²) in [4.78, 5) is 21.7. The number of amides is 1. The van der Waals surface area contributed by atoms with Gasteiger partial charge in [0.05, 0.1) is 5.69 Å². The van der Waals surface area contributed by atoms with Crippen molar-refractivity contribution in [3.8, 4) is 21.8 Å². The number of thiophene rings is 1. The van der Waals surface area contributed by atoms with E-state index < -0.39 is 0 Å². The maximum Gasteiger partial charge on any atom is 0.255 e. The molecule has 2 aromatic heterocycles. The Kier molecular flexibility index (Phi) is 4.60. The van der Waals surface area contributed by atoms with Gasteiger partial charge in [-0.1, -0.05) is 30.3 Å². The molecule has 0 spiro atoms. The Morgan fingerprint density at radius 1 is 1.00 bits per heavy atom. The number of hydrogen-bond donors (Lipinski definition) is 2. The average molecular weight is 373 g/mol. The molecule has 2 aromatic carbocycles. The van der Waals surface area contributed by atoms with Crippen molar-refractivity contribution in [2.24, 2.45) is 0 Å². The van der Waals surface area contributed by atoms with Gasteiger partial charge < -0.3 is 10.3 Å². The van der Waals surface area contributed by atoms with Gasteiger partial charge in [-0.05, 0) is 55.1 Å². The summed E-state index contributed by atoms with van der Waals surface area (Å²) in [6.07, 6.45) is 0. The fourth-order valence-corrected chi connectivity index (χ4v) is 3.61. The number of aromatic nitrogens is 2. The third-order valence-electron chi connectivity index (χ3n) is 4.45. The number of carbonyl (C=O) groups excluding carboxylic acids is 1. The van der Waals surface area contributed by atoms with Crippen LogP contribution in [0.15, 0.2) is 66.0 Å². The summed E-state index contributed by atoms with van der Waals surface area (Å²) in [6.45, 7) is 3.97. The lowest BCUT2D eigenvalue weighted by molar-refractivity contribution is 0.102. The Hall–Kier alpha value is -3.18. The standard InChI is InChI=1S/C22H19N3OS/c1-14-15(2)24-21(23-14)17-7-4-9-19(13-17)25-22(26)18-8-3-6-16(12-18)20-10-5-11-27-20/h3-13H,1-2H3,(H,23,24)(H,25,26). The smallest absolute Gasteiger partial charge is 0.255 e. The van der Waals surface area contributed by atoms with Crippen molar-refractivity contribution in [3.63, 3.8) is 0 Å². The highest BCUT2D eigenvalue weighted by Crippen LogP contribution is 2.26. The molecule has 0 fully saturated rings. The van der Waals surface area contributed by atoms with E-state index in [-0.39, 0.29) is 5.91 Å². The Morgan fingerprint density at radius 2 is 1.81 bits per heavy atom. The number of benzene rings is 2. The first-order valence-corrected chi connectivity index (χ1v) is 9.57. The summed E-state index contributed by atoms with van der Waals surface area (Å²) >= 11 is 1.66. The van der Waals surface area contributed by atoms with Crippen LogP contribution in [-0.2, 0) is 0 Å². The molecule has 0 radical (unpaired) electrons. The molecule has 4 aromatic rings. The molecule has 0 aliphatic rings. The maximum absolute atomic E-state index is 12.7. The van der Waals surface area contributed by atoms with Crippen LogP contribution in [0.1, 0.15) is 21.7 Å². The topological polar surface area (TPSA) is 57.8 Å². The Morgan fingerprint density at radius 3 is 2.56 bits per heavy atom. The lowest BCUT2D eigenvalue weighted by Crippen LogP contribution is -2.11. The van der Waals surface area contributed by atoms with Gasteiger partial charge in [-0.2, -0.15) is 0 Å². The highest BCUT2D eigenvalue weighted by Gasteiger charge is 2.10. The SMILES string of the molecule is Cc1nc(-c2cccc(NC(=O)c3cccc(-c4cccs4)c3)c2)[nH]c1C. The Balaban J connectivity index is 1.57. The summed E-state index contributed by atoms with van der Waals surface area (Å²) in [7, 11) is 0. The maximum atomic E-state index is 12.7. The molecule has 0 atom stereocenters. The van der Waals surface area contributed by atoms with E-state index in [1.54, 1.807) is 11.3 Å². The zero-order valence-corrected chi connectivity index (χ0v) is 15.9. The van der Waals surface area contributed by atoms with Crippen molar-refractivity contribution in [3.05, 3.63) is 83.0 Å². The van der Waals surface area contributed by atoms with Crippen molar-refractivity contribution in [2.45, 2.75) is 13.8 Å². The summed E-state index contributed by atoms with van der Waals surface area (Å²) in [5, 5.41) is 5.02. The number of H-pyrrole nitrogens is 1. The quantitative estimate of drug-likeness (QED) is 0.484. The lowest BCUT2D eigenvalue weighted by Gasteiger charge is -2.08. The number of nitrogens with zero attached hydrogens (tertiary/aromatic N) is 1. The molecule has 2 N–H and O–H groups in total. The molecule has 0 saturated heterocycles. The summed E-state index contributed by atoms with van der Waals surface area (Å²) in [5.41, 5.74) is 5.39. The van der Waals surface area contributed by atoms with Gasteiger partial charge in [0.25, 0.3) is 5.91 Å². The van der Waals surface area contributed by atoms with Gasteiger partial charge in [0.2, 0.25) is 0 Å². The predicted octanol–water partition coefficient (Wildman–Crippen LogP) is 5.67. The number of carbonyl (C=O) groups is 1. The number of rotatable bonds is 4. The molecule has 0 aliphatic carbocycles. The number of nitrogens with one attached hydrogen (secondary N) is 2. The molecular weight excluding hydrogens is 354 g/mol. The molecule has 0 bridgehead atoms. The molecule has 5 heteroatoms. The first kappa shape index (κ1) is 17.2. The summed E-state index contributed by atoms with van der Waals surface area (Å²) in [5.74, 6) is 0.679. The van der Waals surface area contributed by atoms with Crippen LogP contribution in [0.2, 0.25) is 0 Å². The van der Waals surface area contributed by atoms with E-state index in [0.29, 0.717) is 5.56 Å². The average Bonchev–Trinajstić information content (AvgIpc) is 3.33. The van der Waals surface area contributed by atoms with E-state index in [0.717, 1.165) is 38.9 Å². The van der Waals surface area contributed by atoms with Crippen molar-refractivity contribution in [1.82, 2.24) is 9.97 Å². The molecule has 0 aliphatic heterocycles. The first-order valence-electron chi connectivity index (χ1n) is 8.69. The van der Waals surface area contributed by atoms with Gasteiger partial charge in [0, 0.05) is 27.4 Å². The number of anilines is 1. The van der Waals surface area contributed by atoms with E-state index >= 15 is 0 Å². The monoisotopic (exact) mass is 373 g/mol. The van der Waals surface area contributed by atoms with Crippen LogP contribution in [0.3, 0.4) is 0 Å². The van der Waals surface area contributed by atoms with Gasteiger partial charge in [-0.3, -0.25) is 4.79 Å². The molecule has 2 heterocycles. The van der Waals surface area contributed by atoms with Gasteiger partial charge in [0.15, 0.2) is 0 Å². The Bertz CT molecular complexity index is 1080. The second-order valence-electron chi connectivity index (χ2n) is 6.39. The second kappa shape index (κ2) is 7.21. The lowest BCUT2D eigenvalue weighted by atomic mass is 10.1. The van der Waals surface area contributed by atoms with Crippen LogP contribution in [0.5, 0.6) is 0 Å². The van der Waals surface area contributed by atoms with E-state index in [2.05, 4.69) is 21.4 Å². The van der Waals surface area contributed by atoms with E-state index in [9.17, 15) is 4.79 Å². The van der Waals surface area contributed by atoms with E-state index in [1.165, 1.54) is 0 Å². The molecule has 134 valence electrons. The summed E-state index contributed by atoms with van der Waals surface area (Å²) in [6, 6.07) is 19.4. The normalized spacial score (nSPS) is 10.7. The first-order chi connectivity index (χ1) is 13.1. The molecule has 1 amide bonds. The highest BCUT2D eigenvalue weighted by atomic mass is 32.1. The fraction of sp³-hybridized carbons (Fsp3) is 0.0909. The number of aromatic amines is 1. The minimum absolute atomic E-state index is 0.127. The minimum atomic E-state index is -0.127. The third kappa shape index (κ3) is 3.68. The Labute approximate surface area is 161 Å². The number of aryl methyl sites for hydroxylation is 2. The predicted molar refractivity (Wildman–Crippen MR) is 111 cm³/mol. The van der Waals surface area contributed by atoms with Crippen LogP contribution >= 0.6 is 11.3 Å². The molecule has 0 saturated carbocycles. The number of imidazole rings is 1. The van der Waals surface area contributed by atoms with Gasteiger partial charge in [-0.25, -0.2) is 4.98 Å². The largest absolute Gasteiger partial charge is 0.342 e. The van der Waals surface area contributed by atoms with Crippen LogP contribution in [0.4, 0.5) is 5.69 Å². The van der Waals surface area contributed by atoms with Crippen molar-refractivity contribution < 1.29 is 4.79 Å². The fourth-order valence-electron chi connectivity index (χ4n) is 2.89. The minimum Gasteiger partial charge on any atom is -0.342 e. The van der Waals surface area contributed by atoms with Crippen molar-refractivity contribution in [2.75, 3.05) is 5.32 Å². The zero-order chi connectivity index (χ0) is 18.8. The highest BCUT2D eigenvalue weighted by molar-refractivity contribution is 7.13. The van der Waals surface area contributed by atoms with Gasteiger partial charge in [0.1, 0.15) is 5.82 Å². The summed E-state index contributed by atoms with van der Waals surface area (Å²) < 4.78 is 0. The molecular formula is C22H19N3OS. The van der Waals surface area contributed by atoms with Gasteiger partial charge >= 0.3 is 0 Å². The third-order valence-corrected chi connectivity index (χ3v) is 5.37. The van der Waals surface area contributed by atoms with E-state index in [1.807, 2.05) is 73.8 Å². The molecule has 27 heavy (non-hydrogen) atoms. The van der Waals surface area contributed by atoms with Crippen LogP contribution in [0.25, 0.3) is 21.8 Å². The van der Waals surface area contributed by atoms with Crippen molar-refractivity contribution in [1.29, 1.82) is 0 Å². The zero-order valence-electron chi connectivity index (χ0n) is 15.1. The van der Waals surface area contributed by atoms with Crippen LogP contribution in [-0.4, -0.2) is 15.9 Å². The van der Waals surface area contributed by atoms with Crippen LogP contribution < -0.4 is 5.32 Å². The van der Waals surface area contributed by atoms with Gasteiger partial charge in [-0.15, -0.1) is 11.3 Å². The van der Waals surface area contributed by atoms with E-state index in [4.69, 9.17) is 0 Å². The van der Waals surface area contributed by atoms with Crippen molar-refractivity contribution >= 4 is 22.9 Å². The second-order valence-corrected chi connectivity index (χ2v) is 7.34. The number of hydrogen-bond acceptors (Lipinski definition) is 3. The molecule has 0 unspecified atom stereocenters.